The number of aliphatic hydroxyl groups is 3. The van der Waals surface area contributed by atoms with Crippen LogP contribution in [0.1, 0.15) is 271 Å². The molecule has 0 aliphatic rings. The van der Waals surface area contributed by atoms with Crippen LogP contribution in [-0.4, -0.2) is 46.1 Å². The Labute approximate surface area is 326 Å². The van der Waals surface area contributed by atoms with E-state index in [2.05, 4.69) is 19.2 Å². The summed E-state index contributed by atoms with van der Waals surface area (Å²) >= 11 is 0. The number of aliphatic hydroxyl groups excluding tert-OH is 3. The highest BCUT2D eigenvalue weighted by molar-refractivity contribution is 5.80. The average Bonchev–Trinajstić information content (AvgIpc) is 3.15. The van der Waals surface area contributed by atoms with E-state index in [4.69, 9.17) is 0 Å². The van der Waals surface area contributed by atoms with Gasteiger partial charge in [0.2, 0.25) is 5.91 Å². The zero-order valence-electron chi connectivity index (χ0n) is 35.5. The van der Waals surface area contributed by atoms with Crippen LogP contribution in [0, 0.1) is 0 Å². The molecule has 312 valence electrons. The Bertz CT molecular complexity index is 688. The lowest BCUT2D eigenvalue weighted by atomic mass is 10.0. The van der Waals surface area contributed by atoms with Gasteiger partial charge in [0.15, 0.2) is 0 Å². The van der Waals surface area contributed by atoms with Crippen LogP contribution in [0.2, 0.25) is 0 Å². The third-order valence-corrected chi connectivity index (χ3v) is 11.5. The minimum atomic E-state index is -1.07. The highest BCUT2D eigenvalue weighted by Gasteiger charge is 2.23. The Hall–Kier alpha value is -0.650. The van der Waals surface area contributed by atoms with E-state index >= 15 is 0 Å². The second-order valence-corrected chi connectivity index (χ2v) is 16.7. The molecule has 3 atom stereocenters. The molecule has 5 nitrogen and oxygen atoms in total. The lowest BCUT2D eigenvalue weighted by Crippen LogP contribution is -2.49. The van der Waals surface area contributed by atoms with Crippen molar-refractivity contribution < 1.29 is 20.1 Å². The molecule has 4 N–H and O–H groups in total. The van der Waals surface area contributed by atoms with E-state index in [1.807, 2.05) is 0 Å². The van der Waals surface area contributed by atoms with Crippen molar-refractivity contribution in [1.82, 2.24) is 5.32 Å². The molecule has 0 radical (unpaired) electrons. The quantitative estimate of drug-likeness (QED) is 0.0469. The molecule has 0 aromatic rings. The van der Waals surface area contributed by atoms with Gasteiger partial charge >= 0.3 is 0 Å². The van der Waals surface area contributed by atoms with Crippen LogP contribution in [-0.2, 0) is 4.79 Å². The predicted molar refractivity (Wildman–Crippen MR) is 227 cm³/mol. The third kappa shape index (κ3) is 37.7. The van der Waals surface area contributed by atoms with Gasteiger partial charge < -0.3 is 20.6 Å². The van der Waals surface area contributed by atoms with Gasteiger partial charge in [0.1, 0.15) is 6.10 Å². The summed E-state index contributed by atoms with van der Waals surface area (Å²) in [7, 11) is 0. The largest absolute Gasteiger partial charge is 0.394 e. The summed E-state index contributed by atoms with van der Waals surface area (Å²) in [6, 6.07) is -0.705. The Morgan fingerprint density at radius 3 is 0.865 bits per heavy atom. The van der Waals surface area contributed by atoms with Crippen LogP contribution < -0.4 is 5.32 Å². The molecule has 0 saturated carbocycles. The molecule has 0 heterocycles. The van der Waals surface area contributed by atoms with Crippen molar-refractivity contribution in [3.8, 4) is 0 Å². The van der Waals surface area contributed by atoms with Gasteiger partial charge in [-0.25, -0.2) is 0 Å². The van der Waals surface area contributed by atoms with E-state index in [1.165, 1.54) is 212 Å². The fourth-order valence-electron chi connectivity index (χ4n) is 7.72. The minimum Gasteiger partial charge on any atom is -0.394 e. The van der Waals surface area contributed by atoms with Crippen molar-refractivity contribution in [2.75, 3.05) is 6.61 Å². The second-order valence-electron chi connectivity index (χ2n) is 16.7. The van der Waals surface area contributed by atoms with Crippen molar-refractivity contribution in [2.24, 2.45) is 0 Å². The van der Waals surface area contributed by atoms with Crippen molar-refractivity contribution >= 4 is 5.91 Å². The number of hydrogen-bond acceptors (Lipinski definition) is 4. The molecule has 0 saturated heterocycles. The van der Waals surface area contributed by atoms with E-state index in [0.717, 1.165) is 32.1 Å². The fraction of sp³-hybridized carbons (Fsp3) is 0.979. The Balaban J connectivity index is 3.51. The summed E-state index contributed by atoms with van der Waals surface area (Å²) in [5.41, 5.74) is 0. The van der Waals surface area contributed by atoms with Crippen molar-refractivity contribution in [1.29, 1.82) is 0 Å². The van der Waals surface area contributed by atoms with Gasteiger partial charge in [-0.05, 0) is 12.8 Å². The van der Waals surface area contributed by atoms with Crippen molar-refractivity contribution in [3.63, 3.8) is 0 Å². The molecular formula is C47H95NO4. The Kier molecular flexibility index (Phi) is 42.5. The van der Waals surface area contributed by atoms with Gasteiger partial charge in [0.25, 0.3) is 0 Å². The normalized spacial score (nSPS) is 13.4. The van der Waals surface area contributed by atoms with E-state index < -0.39 is 24.2 Å². The number of rotatable bonds is 44. The van der Waals surface area contributed by atoms with E-state index in [-0.39, 0.29) is 6.61 Å². The summed E-state index contributed by atoms with van der Waals surface area (Å²) < 4.78 is 0. The van der Waals surface area contributed by atoms with Crippen LogP contribution in [0.25, 0.3) is 0 Å². The van der Waals surface area contributed by atoms with Gasteiger partial charge in [0.05, 0.1) is 18.8 Å². The van der Waals surface area contributed by atoms with E-state index in [9.17, 15) is 20.1 Å². The average molecular weight is 738 g/mol. The summed E-state index contributed by atoms with van der Waals surface area (Å²) in [6.07, 6.45) is 49.8. The standard InChI is InChI=1S/C47H95NO4/c1-3-5-7-9-11-13-15-17-18-19-20-21-22-23-24-25-26-27-28-30-31-33-35-37-39-41-45(50)44(43-49)48-47(52)46(51)42-40-38-36-34-32-29-16-14-12-10-8-6-4-2/h44-46,49-51H,3-43H2,1-2H3,(H,48,52). The van der Waals surface area contributed by atoms with Gasteiger partial charge in [0, 0.05) is 0 Å². The van der Waals surface area contributed by atoms with Crippen LogP contribution in [0.15, 0.2) is 0 Å². The molecular weight excluding hydrogens is 643 g/mol. The predicted octanol–water partition coefficient (Wildman–Crippen LogP) is 13.8. The lowest BCUT2D eigenvalue weighted by Gasteiger charge is -2.23. The molecule has 0 aromatic carbocycles. The fourth-order valence-corrected chi connectivity index (χ4v) is 7.72. The number of hydrogen-bond donors (Lipinski definition) is 4. The summed E-state index contributed by atoms with van der Waals surface area (Å²) in [5.74, 6) is -0.466. The monoisotopic (exact) mass is 738 g/mol. The van der Waals surface area contributed by atoms with Gasteiger partial charge in [-0.1, -0.05) is 258 Å². The zero-order valence-corrected chi connectivity index (χ0v) is 35.5. The number of carbonyl (C=O) groups excluding carboxylic acids is 1. The maximum atomic E-state index is 12.5. The molecule has 0 aromatic heterocycles. The first-order valence-electron chi connectivity index (χ1n) is 23.8. The third-order valence-electron chi connectivity index (χ3n) is 11.5. The number of carbonyl (C=O) groups is 1. The minimum absolute atomic E-state index is 0.308. The molecule has 0 bridgehead atoms. The molecule has 52 heavy (non-hydrogen) atoms. The van der Waals surface area contributed by atoms with Gasteiger partial charge in [-0.2, -0.15) is 0 Å². The Morgan fingerprint density at radius 2 is 0.615 bits per heavy atom. The highest BCUT2D eigenvalue weighted by atomic mass is 16.3. The highest BCUT2D eigenvalue weighted by Crippen LogP contribution is 2.17. The van der Waals surface area contributed by atoms with Gasteiger partial charge in [-0.15, -0.1) is 0 Å². The zero-order chi connectivity index (χ0) is 38.0. The molecule has 0 aliphatic heterocycles. The van der Waals surface area contributed by atoms with E-state index in [1.54, 1.807) is 0 Å². The molecule has 0 spiro atoms. The molecule has 0 fully saturated rings. The lowest BCUT2D eigenvalue weighted by molar-refractivity contribution is -0.131. The first-order valence-corrected chi connectivity index (χ1v) is 23.8. The van der Waals surface area contributed by atoms with Crippen LogP contribution in [0.3, 0.4) is 0 Å². The van der Waals surface area contributed by atoms with Crippen LogP contribution >= 0.6 is 0 Å². The first kappa shape index (κ1) is 51.4. The number of unbranched alkanes of at least 4 members (excludes halogenated alkanes) is 36. The summed E-state index contributed by atoms with van der Waals surface area (Å²) in [5, 5.41) is 33.3. The van der Waals surface area contributed by atoms with Crippen molar-refractivity contribution in [3.05, 3.63) is 0 Å². The maximum absolute atomic E-state index is 12.5. The number of amides is 1. The first-order chi connectivity index (χ1) is 25.6. The van der Waals surface area contributed by atoms with Gasteiger partial charge in [-0.3, -0.25) is 4.79 Å². The second kappa shape index (κ2) is 43.1. The number of nitrogens with one attached hydrogen (secondary N) is 1. The molecule has 3 unspecified atom stereocenters. The molecule has 5 heteroatoms. The van der Waals surface area contributed by atoms with E-state index in [0.29, 0.717) is 12.8 Å². The molecule has 0 rings (SSSR count). The van der Waals surface area contributed by atoms with Crippen LogP contribution in [0.5, 0.6) is 0 Å². The summed E-state index contributed by atoms with van der Waals surface area (Å²) in [6.45, 7) is 4.25. The van der Waals surface area contributed by atoms with Crippen molar-refractivity contribution in [2.45, 2.75) is 289 Å². The topological polar surface area (TPSA) is 89.8 Å². The van der Waals surface area contributed by atoms with Crippen LogP contribution in [0.4, 0.5) is 0 Å². The Morgan fingerprint density at radius 1 is 0.385 bits per heavy atom. The molecule has 0 aliphatic carbocycles. The maximum Gasteiger partial charge on any atom is 0.249 e. The smallest absolute Gasteiger partial charge is 0.249 e. The summed E-state index contributed by atoms with van der Waals surface area (Å²) in [4.78, 5) is 12.5. The molecule has 1 amide bonds. The SMILES string of the molecule is CCCCCCCCCCCCCCCCCCCCCCCCCCCC(O)C(CO)NC(=O)C(O)CCCCCCCCCCCCCCC.